The first kappa shape index (κ1) is 43.4. The average molecular weight is 639 g/mol. The lowest BCUT2D eigenvalue weighted by Crippen LogP contribution is -2.15. The van der Waals surface area contributed by atoms with Crippen molar-refractivity contribution < 1.29 is 38.3 Å². The molecule has 0 saturated heterocycles. The van der Waals surface area contributed by atoms with Crippen LogP contribution in [-0.4, -0.2) is 90.4 Å². The van der Waals surface area contributed by atoms with Gasteiger partial charge in [0.2, 0.25) is 0 Å². The zero-order valence-electron chi connectivity index (χ0n) is 28.7. The summed E-state index contributed by atoms with van der Waals surface area (Å²) in [5, 5.41) is 8.58. The summed E-state index contributed by atoms with van der Waals surface area (Å²) in [5.74, 6) is 12.2. The first-order valence-corrected chi connectivity index (χ1v) is 17.9. The monoisotopic (exact) mass is 638 g/mol. The Morgan fingerprint density at radius 2 is 0.822 bits per heavy atom. The van der Waals surface area contributed by atoms with E-state index in [1.165, 1.54) is 77.0 Å². The summed E-state index contributed by atoms with van der Waals surface area (Å²) in [6, 6.07) is 0. The van der Waals surface area contributed by atoms with E-state index in [-0.39, 0.29) is 19.2 Å². The van der Waals surface area contributed by atoms with Crippen molar-refractivity contribution in [3.63, 3.8) is 0 Å². The molecule has 0 amide bonds. The van der Waals surface area contributed by atoms with Crippen LogP contribution in [0.5, 0.6) is 0 Å². The quantitative estimate of drug-likeness (QED) is 0.0449. The highest BCUT2D eigenvalue weighted by Gasteiger charge is 2.02. The molecule has 45 heavy (non-hydrogen) atoms. The van der Waals surface area contributed by atoms with Gasteiger partial charge in [-0.3, -0.25) is 4.79 Å². The van der Waals surface area contributed by atoms with Crippen LogP contribution >= 0.6 is 0 Å². The van der Waals surface area contributed by atoms with Crippen molar-refractivity contribution in [2.75, 3.05) is 79.3 Å². The summed E-state index contributed by atoms with van der Waals surface area (Å²) in [5.41, 5.74) is 0. The molecule has 0 aromatic heterocycles. The first-order valence-electron chi connectivity index (χ1n) is 17.9. The summed E-state index contributed by atoms with van der Waals surface area (Å²) in [6.45, 7) is 7.13. The molecule has 8 heteroatoms. The molecule has 0 aromatic rings. The van der Waals surface area contributed by atoms with Crippen LogP contribution in [0.4, 0.5) is 0 Å². The molecular formula is C37H66O8. The zero-order valence-corrected chi connectivity index (χ0v) is 28.7. The Morgan fingerprint density at radius 1 is 0.467 bits per heavy atom. The van der Waals surface area contributed by atoms with E-state index in [0.717, 1.165) is 38.5 Å². The van der Waals surface area contributed by atoms with Gasteiger partial charge >= 0.3 is 5.97 Å². The lowest BCUT2D eigenvalue weighted by atomic mass is 10.1. The van der Waals surface area contributed by atoms with Gasteiger partial charge in [0.05, 0.1) is 72.7 Å². The number of carbonyl (C=O) groups is 1. The van der Waals surface area contributed by atoms with Gasteiger partial charge in [0, 0.05) is 19.3 Å². The molecule has 1 N–H and O–H groups in total. The second-order valence-corrected chi connectivity index (χ2v) is 11.2. The minimum Gasteiger partial charge on any atom is -0.463 e. The van der Waals surface area contributed by atoms with Gasteiger partial charge in [-0.15, -0.1) is 0 Å². The molecule has 0 rings (SSSR count). The summed E-state index contributed by atoms with van der Waals surface area (Å²) in [4.78, 5) is 11.8. The predicted octanol–water partition coefficient (Wildman–Crippen LogP) is 7.04. The fraction of sp³-hybridized carbons (Fsp3) is 0.865. The number of hydrogen-bond donors (Lipinski definition) is 1. The maximum absolute atomic E-state index is 11.8. The SMILES string of the molecule is CCCCCCCCCCCCC#CC#CCCCCCCCCC(=O)OCCOCCOCCOCCOCCOCCO. The van der Waals surface area contributed by atoms with E-state index in [0.29, 0.717) is 72.5 Å². The highest BCUT2D eigenvalue weighted by atomic mass is 16.6. The molecule has 0 unspecified atom stereocenters. The number of rotatable bonds is 35. The summed E-state index contributed by atoms with van der Waals surface area (Å²) in [7, 11) is 0. The Morgan fingerprint density at radius 3 is 1.24 bits per heavy atom. The van der Waals surface area contributed by atoms with Crippen molar-refractivity contribution >= 4 is 5.97 Å². The first-order chi connectivity index (χ1) is 22.3. The topological polar surface area (TPSA) is 92.7 Å². The smallest absolute Gasteiger partial charge is 0.305 e. The van der Waals surface area contributed by atoms with Gasteiger partial charge in [0.1, 0.15) is 6.61 Å². The Bertz CT molecular complexity index is 721. The predicted molar refractivity (Wildman–Crippen MR) is 181 cm³/mol. The summed E-state index contributed by atoms with van der Waals surface area (Å²) < 4.78 is 31.9. The molecule has 0 aliphatic carbocycles. The van der Waals surface area contributed by atoms with E-state index in [1.807, 2.05) is 0 Å². The Balaban J connectivity index is 3.27. The fourth-order valence-corrected chi connectivity index (χ4v) is 4.44. The number of esters is 1. The molecule has 0 bridgehead atoms. The van der Waals surface area contributed by atoms with E-state index in [2.05, 4.69) is 30.6 Å². The van der Waals surface area contributed by atoms with Crippen LogP contribution in [0.25, 0.3) is 0 Å². The van der Waals surface area contributed by atoms with E-state index in [9.17, 15) is 4.79 Å². The molecule has 8 nitrogen and oxygen atoms in total. The Hall–Kier alpha value is -1.65. The third kappa shape index (κ3) is 40.3. The number of hydrogen-bond acceptors (Lipinski definition) is 8. The van der Waals surface area contributed by atoms with Gasteiger partial charge < -0.3 is 33.5 Å². The fourth-order valence-electron chi connectivity index (χ4n) is 4.44. The van der Waals surface area contributed by atoms with Crippen molar-refractivity contribution in [2.45, 2.75) is 129 Å². The van der Waals surface area contributed by atoms with Gasteiger partial charge in [-0.25, -0.2) is 0 Å². The number of aliphatic hydroxyl groups is 1. The molecule has 0 spiro atoms. The molecular weight excluding hydrogens is 572 g/mol. The normalized spacial score (nSPS) is 10.7. The van der Waals surface area contributed by atoms with Crippen molar-refractivity contribution in [1.82, 2.24) is 0 Å². The summed E-state index contributed by atoms with van der Waals surface area (Å²) >= 11 is 0. The number of aliphatic hydroxyl groups excluding tert-OH is 1. The molecule has 0 heterocycles. The number of unbranched alkanes of at least 4 members (excludes halogenated alkanes) is 16. The highest BCUT2D eigenvalue weighted by Crippen LogP contribution is 2.11. The minimum atomic E-state index is -0.154. The maximum atomic E-state index is 11.8. The molecule has 0 saturated carbocycles. The Kier molecular flexibility index (Phi) is 38.9. The third-order valence-corrected chi connectivity index (χ3v) is 7.04. The lowest BCUT2D eigenvalue weighted by molar-refractivity contribution is -0.145. The molecule has 0 aliphatic heterocycles. The molecule has 0 aliphatic rings. The standard InChI is InChI=1S/C37H66O8/c1-2-3-4-5-6-7-8-9-10-11-12-13-14-15-16-17-18-19-20-21-22-23-24-37(39)45-36-35-44-34-33-43-32-31-42-30-29-41-28-27-40-26-25-38/h38H,2-12,17-36H2,1H3. The van der Waals surface area contributed by atoms with Crippen molar-refractivity contribution in [3.05, 3.63) is 0 Å². The van der Waals surface area contributed by atoms with Crippen LogP contribution in [0.1, 0.15) is 129 Å². The van der Waals surface area contributed by atoms with Crippen LogP contribution in [0, 0.1) is 23.7 Å². The Labute approximate surface area is 276 Å². The van der Waals surface area contributed by atoms with Gasteiger partial charge in [0.15, 0.2) is 0 Å². The minimum absolute atomic E-state index is 0.0245. The molecule has 0 aromatic carbocycles. The van der Waals surface area contributed by atoms with E-state index in [1.54, 1.807) is 0 Å². The molecule has 0 fully saturated rings. The van der Waals surface area contributed by atoms with Gasteiger partial charge in [-0.2, -0.15) is 0 Å². The van der Waals surface area contributed by atoms with Crippen LogP contribution < -0.4 is 0 Å². The van der Waals surface area contributed by atoms with Gasteiger partial charge in [0.25, 0.3) is 0 Å². The van der Waals surface area contributed by atoms with Crippen LogP contribution in [-0.2, 0) is 33.2 Å². The van der Waals surface area contributed by atoms with Crippen LogP contribution in [0.15, 0.2) is 0 Å². The van der Waals surface area contributed by atoms with Crippen molar-refractivity contribution in [1.29, 1.82) is 0 Å². The van der Waals surface area contributed by atoms with Crippen LogP contribution in [0.2, 0.25) is 0 Å². The zero-order chi connectivity index (χ0) is 32.6. The second kappa shape index (κ2) is 40.4. The van der Waals surface area contributed by atoms with Crippen molar-refractivity contribution in [2.24, 2.45) is 0 Å². The molecule has 262 valence electrons. The maximum Gasteiger partial charge on any atom is 0.305 e. The second-order valence-electron chi connectivity index (χ2n) is 11.2. The number of ether oxygens (including phenoxy) is 6. The van der Waals surface area contributed by atoms with Gasteiger partial charge in [-0.1, -0.05) is 102 Å². The number of carbonyl (C=O) groups excluding carboxylic acids is 1. The van der Waals surface area contributed by atoms with Crippen molar-refractivity contribution in [3.8, 4) is 23.7 Å². The third-order valence-electron chi connectivity index (χ3n) is 7.04. The van der Waals surface area contributed by atoms with E-state index >= 15 is 0 Å². The summed E-state index contributed by atoms with van der Waals surface area (Å²) in [6.07, 6.45) is 22.5. The molecule has 0 radical (unpaired) electrons. The average Bonchev–Trinajstić information content (AvgIpc) is 3.05. The van der Waals surface area contributed by atoms with E-state index in [4.69, 9.17) is 33.5 Å². The largest absolute Gasteiger partial charge is 0.463 e. The van der Waals surface area contributed by atoms with E-state index < -0.39 is 0 Å². The highest BCUT2D eigenvalue weighted by molar-refractivity contribution is 5.69. The lowest BCUT2D eigenvalue weighted by Gasteiger charge is -2.08. The molecule has 0 atom stereocenters. The van der Waals surface area contributed by atoms with Gasteiger partial charge in [-0.05, 0) is 31.1 Å². The van der Waals surface area contributed by atoms with Crippen LogP contribution in [0.3, 0.4) is 0 Å².